The van der Waals surface area contributed by atoms with E-state index in [1.807, 2.05) is 18.4 Å². The van der Waals surface area contributed by atoms with E-state index in [9.17, 15) is 0 Å². The smallest absolute Gasteiger partial charge is 0.0324 e. The van der Waals surface area contributed by atoms with Gasteiger partial charge in [-0.3, -0.25) is 0 Å². The van der Waals surface area contributed by atoms with Gasteiger partial charge in [0.25, 0.3) is 0 Å². The third-order valence-electron chi connectivity index (χ3n) is 2.72. The van der Waals surface area contributed by atoms with E-state index in [-0.39, 0.29) is 0 Å². The number of nitrogens with one attached hydrogen (secondary N) is 1. The molecular formula is C13H24N2S. The molecule has 1 aromatic rings. The maximum Gasteiger partial charge on any atom is 0.0324 e. The molecule has 0 bridgehead atoms. The van der Waals surface area contributed by atoms with Crippen LogP contribution in [0.15, 0.2) is 17.5 Å². The lowest BCUT2D eigenvalue weighted by Gasteiger charge is -2.15. The maximum atomic E-state index is 3.19. The van der Waals surface area contributed by atoms with Gasteiger partial charge < -0.3 is 10.2 Å². The lowest BCUT2D eigenvalue weighted by molar-refractivity contribution is 0.319. The van der Waals surface area contributed by atoms with Gasteiger partial charge in [-0.1, -0.05) is 18.9 Å². The Morgan fingerprint density at radius 3 is 2.75 bits per heavy atom. The van der Waals surface area contributed by atoms with Gasteiger partial charge in [0, 0.05) is 11.4 Å². The number of hydrogen-bond donors (Lipinski definition) is 1. The Labute approximate surface area is 104 Å². The van der Waals surface area contributed by atoms with Crippen molar-refractivity contribution < 1.29 is 0 Å². The van der Waals surface area contributed by atoms with Crippen LogP contribution >= 0.6 is 11.3 Å². The second kappa shape index (κ2) is 8.74. The molecule has 16 heavy (non-hydrogen) atoms. The predicted octanol–water partition coefficient (Wildman–Crippen LogP) is 2.96. The van der Waals surface area contributed by atoms with Crippen LogP contribution in [0.5, 0.6) is 0 Å². The average Bonchev–Trinajstić information content (AvgIpc) is 2.76. The molecule has 2 nitrogen and oxygen atoms in total. The first-order valence-electron chi connectivity index (χ1n) is 6.18. The molecule has 1 aromatic heterocycles. The molecule has 92 valence electrons. The SMILES string of the molecule is CNCCCCCCN(C)Cc1cccs1. The van der Waals surface area contributed by atoms with Crippen molar-refractivity contribution >= 4 is 11.3 Å². The van der Waals surface area contributed by atoms with Gasteiger partial charge in [-0.2, -0.15) is 0 Å². The molecule has 0 unspecified atom stereocenters. The van der Waals surface area contributed by atoms with Gasteiger partial charge >= 0.3 is 0 Å². The van der Waals surface area contributed by atoms with E-state index in [0.29, 0.717) is 0 Å². The molecule has 0 amide bonds. The summed E-state index contributed by atoms with van der Waals surface area (Å²) in [6.45, 7) is 3.48. The van der Waals surface area contributed by atoms with Crippen molar-refractivity contribution in [3.05, 3.63) is 22.4 Å². The summed E-state index contributed by atoms with van der Waals surface area (Å²) in [5.74, 6) is 0. The van der Waals surface area contributed by atoms with Crippen LogP contribution in [-0.2, 0) is 6.54 Å². The van der Waals surface area contributed by atoms with Gasteiger partial charge in [-0.25, -0.2) is 0 Å². The van der Waals surface area contributed by atoms with Gasteiger partial charge in [0.2, 0.25) is 0 Å². The molecule has 0 saturated heterocycles. The highest BCUT2D eigenvalue weighted by Crippen LogP contribution is 2.11. The van der Waals surface area contributed by atoms with Gasteiger partial charge in [0.1, 0.15) is 0 Å². The summed E-state index contributed by atoms with van der Waals surface area (Å²) >= 11 is 1.85. The van der Waals surface area contributed by atoms with Crippen LogP contribution in [0.2, 0.25) is 0 Å². The van der Waals surface area contributed by atoms with Crippen LogP contribution in [0.4, 0.5) is 0 Å². The summed E-state index contributed by atoms with van der Waals surface area (Å²) in [7, 11) is 4.24. The molecule has 0 radical (unpaired) electrons. The number of rotatable bonds is 9. The van der Waals surface area contributed by atoms with E-state index < -0.39 is 0 Å². The Hall–Kier alpha value is -0.380. The van der Waals surface area contributed by atoms with Gasteiger partial charge in [0.05, 0.1) is 0 Å². The number of nitrogens with zero attached hydrogens (tertiary/aromatic N) is 1. The van der Waals surface area contributed by atoms with Crippen molar-refractivity contribution in [3.63, 3.8) is 0 Å². The maximum absolute atomic E-state index is 3.19. The standard InChI is InChI=1S/C13H24N2S/c1-14-9-5-3-4-6-10-15(2)12-13-8-7-11-16-13/h7-8,11,14H,3-6,9-10,12H2,1-2H3. The third kappa shape index (κ3) is 6.26. The molecule has 0 aliphatic carbocycles. The number of thiophene rings is 1. The normalized spacial score (nSPS) is 11.2. The first-order chi connectivity index (χ1) is 7.83. The highest BCUT2D eigenvalue weighted by atomic mass is 32.1. The van der Waals surface area contributed by atoms with E-state index in [1.165, 1.54) is 37.1 Å². The third-order valence-corrected chi connectivity index (χ3v) is 3.58. The van der Waals surface area contributed by atoms with Crippen molar-refractivity contribution in [1.82, 2.24) is 10.2 Å². The summed E-state index contributed by atoms with van der Waals surface area (Å²) in [5, 5.41) is 5.34. The lowest BCUT2D eigenvalue weighted by Crippen LogP contribution is -2.18. The van der Waals surface area contributed by atoms with E-state index in [4.69, 9.17) is 0 Å². The molecule has 1 heterocycles. The zero-order valence-electron chi connectivity index (χ0n) is 10.5. The summed E-state index contributed by atoms with van der Waals surface area (Å²) in [6, 6.07) is 4.35. The van der Waals surface area contributed by atoms with Crippen LogP contribution in [0, 0.1) is 0 Å². The fraction of sp³-hybridized carbons (Fsp3) is 0.692. The number of hydrogen-bond acceptors (Lipinski definition) is 3. The van der Waals surface area contributed by atoms with Crippen LogP contribution in [0.25, 0.3) is 0 Å². The van der Waals surface area contributed by atoms with Crippen molar-refractivity contribution in [2.24, 2.45) is 0 Å². The largest absolute Gasteiger partial charge is 0.320 e. The molecule has 0 saturated carbocycles. The quantitative estimate of drug-likeness (QED) is 0.668. The highest BCUT2D eigenvalue weighted by Gasteiger charge is 2.00. The minimum atomic E-state index is 1.11. The van der Waals surface area contributed by atoms with Gasteiger partial charge in [-0.05, 0) is 51.5 Å². The topological polar surface area (TPSA) is 15.3 Å². The Kier molecular flexibility index (Phi) is 7.47. The average molecular weight is 240 g/mol. The molecular weight excluding hydrogens is 216 g/mol. The predicted molar refractivity (Wildman–Crippen MR) is 73.0 cm³/mol. The second-order valence-electron chi connectivity index (χ2n) is 4.33. The molecule has 0 atom stereocenters. The van der Waals surface area contributed by atoms with Gasteiger partial charge in [-0.15, -0.1) is 11.3 Å². The summed E-state index contributed by atoms with van der Waals surface area (Å²) < 4.78 is 0. The van der Waals surface area contributed by atoms with Crippen molar-refractivity contribution in [1.29, 1.82) is 0 Å². The fourth-order valence-electron chi connectivity index (χ4n) is 1.78. The zero-order chi connectivity index (χ0) is 11.6. The van der Waals surface area contributed by atoms with Crippen molar-refractivity contribution in [2.45, 2.75) is 32.2 Å². The Balaban J connectivity index is 1.96. The molecule has 0 aromatic carbocycles. The van der Waals surface area contributed by atoms with Crippen molar-refractivity contribution in [2.75, 3.05) is 27.2 Å². The lowest BCUT2D eigenvalue weighted by atomic mass is 10.2. The van der Waals surface area contributed by atoms with Crippen LogP contribution in [0.1, 0.15) is 30.6 Å². The molecule has 0 fully saturated rings. The van der Waals surface area contributed by atoms with Crippen LogP contribution in [0.3, 0.4) is 0 Å². The monoisotopic (exact) mass is 240 g/mol. The minimum Gasteiger partial charge on any atom is -0.320 e. The Morgan fingerprint density at radius 2 is 2.06 bits per heavy atom. The molecule has 1 rings (SSSR count). The minimum absolute atomic E-state index is 1.11. The Bertz CT molecular complexity index is 246. The summed E-state index contributed by atoms with van der Waals surface area (Å²) in [4.78, 5) is 3.89. The van der Waals surface area contributed by atoms with E-state index >= 15 is 0 Å². The van der Waals surface area contributed by atoms with E-state index in [2.05, 4.69) is 34.8 Å². The molecule has 0 spiro atoms. The van der Waals surface area contributed by atoms with E-state index in [1.54, 1.807) is 0 Å². The zero-order valence-corrected chi connectivity index (χ0v) is 11.4. The number of unbranched alkanes of at least 4 members (excludes halogenated alkanes) is 3. The summed E-state index contributed by atoms with van der Waals surface area (Å²) in [5.41, 5.74) is 0. The van der Waals surface area contributed by atoms with Crippen LogP contribution in [-0.4, -0.2) is 32.1 Å². The highest BCUT2D eigenvalue weighted by molar-refractivity contribution is 7.09. The molecule has 3 heteroatoms. The van der Waals surface area contributed by atoms with Gasteiger partial charge in [0.15, 0.2) is 0 Å². The summed E-state index contributed by atoms with van der Waals surface area (Å²) in [6.07, 6.45) is 5.35. The molecule has 1 N–H and O–H groups in total. The fourth-order valence-corrected chi connectivity index (χ4v) is 2.57. The molecule has 0 aliphatic rings. The van der Waals surface area contributed by atoms with Crippen LogP contribution < -0.4 is 5.32 Å². The first kappa shape index (κ1) is 13.7. The first-order valence-corrected chi connectivity index (χ1v) is 7.06. The second-order valence-corrected chi connectivity index (χ2v) is 5.37. The van der Waals surface area contributed by atoms with Crippen molar-refractivity contribution in [3.8, 4) is 0 Å². The molecule has 0 aliphatic heterocycles. The Morgan fingerprint density at radius 1 is 1.25 bits per heavy atom. The van der Waals surface area contributed by atoms with E-state index in [0.717, 1.165) is 13.1 Å².